The van der Waals surface area contributed by atoms with Crippen molar-refractivity contribution in [3.63, 3.8) is 0 Å². The van der Waals surface area contributed by atoms with Crippen molar-refractivity contribution in [3.8, 4) is 6.07 Å². The summed E-state index contributed by atoms with van der Waals surface area (Å²) < 4.78 is 0. The average Bonchev–Trinajstić information content (AvgIpc) is 2.29. The van der Waals surface area contributed by atoms with E-state index in [1.165, 1.54) is 31.2 Å². The maximum atomic E-state index is 8.90. The van der Waals surface area contributed by atoms with Gasteiger partial charge in [-0.15, -0.1) is 0 Å². The highest BCUT2D eigenvalue weighted by Crippen LogP contribution is 2.26. The predicted octanol–water partition coefficient (Wildman–Crippen LogP) is 2.81. The minimum absolute atomic E-state index is 0.626. The smallest absolute Gasteiger partial charge is 0.0991 e. The first kappa shape index (κ1) is 11.2. The van der Waals surface area contributed by atoms with Gasteiger partial charge in [0.1, 0.15) is 0 Å². The summed E-state index contributed by atoms with van der Waals surface area (Å²) >= 11 is 0. The lowest BCUT2D eigenvalue weighted by Gasteiger charge is -2.20. The van der Waals surface area contributed by atoms with E-state index in [2.05, 4.69) is 17.5 Å². The zero-order chi connectivity index (χ0) is 11.2. The molecule has 16 heavy (non-hydrogen) atoms. The number of rotatable bonds is 1. The van der Waals surface area contributed by atoms with E-state index in [0.717, 1.165) is 18.7 Å². The molecular weight excluding hydrogens is 196 g/mol. The van der Waals surface area contributed by atoms with E-state index in [-0.39, 0.29) is 0 Å². The van der Waals surface area contributed by atoms with Gasteiger partial charge in [0.2, 0.25) is 0 Å². The van der Waals surface area contributed by atoms with Gasteiger partial charge in [-0.05, 0) is 56.0 Å². The van der Waals surface area contributed by atoms with Crippen molar-refractivity contribution in [2.75, 3.05) is 13.1 Å². The number of nitriles is 1. The van der Waals surface area contributed by atoms with Crippen LogP contribution in [-0.4, -0.2) is 13.1 Å². The van der Waals surface area contributed by atoms with E-state index in [1.54, 1.807) is 0 Å². The van der Waals surface area contributed by atoms with Gasteiger partial charge in [0.25, 0.3) is 0 Å². The van der Waals surface area contributed by atoms with Gasteiger partial charge in [-0.3, -0.25) is 0 Å². The SMILES string of the molecule is N#Cc1cccc(C2CCCCNCC2)c1. The lowest BCUT2D eigenvalue weighted by atomic mass is 9.89. The van der Waals surface area contributed by atoms with Gasteiger partial charge >= 0.3 is 0 Å². The Morgan fingerprint density at radius 1 is 1.19 bits per heavy atom. The topological polar surface area (TPSA) is 35.8 Å². The number of benzene rings is 1. The molecule has 1 aliphatic heterocycles. The molecule has 2 heteroatoms. The maximum Gasteiger partial charge on any atom is 0.0991 e. The molecule has 2 nitrogen and oxygen atoms in total. The fraction of sp³-hybridized carbons (Fsp3) is 0.500. The van der Waals surface area contributed by atoms with Crippen LogP contribution in [0.3, 0.4) is 0 Å². The average molecular weight is 214 g/mol. The van der Waals surface area contributed by atoms with E-state index in [0.29, 0.717) is 5.92 Å². The zero-order valence-electron chi connectivity index (χ0n) is 9.58. The molecular formula is C14H18N2. The molecule has 0 saturated carbocycles. The standard InChI is InChI=1S/C14H18N2/c15-11-12-4-3-6-14(10-12)13-5-1-2-8-16-9-7-13/h3-4,6,10,13,16H,1-2,5,7-9H2. The molecule has 1 aliphatic rings. The molecule has 0 aromatic heterocycles. The molecule has 0 bridgehead atoms. The van der Waals surface area contributed by atoms with Crippen molar-refractivity contribution in [3.05, 3.63) is 35.4 Å². The van der Waals surface area contributed by atoms with Crippen LogP contribution < -0.4 is 5.32 Å². The fourth-order valence-corrected chi connectivity index (χ4v) is 2.38. The van der Waals surface area contributed by atoms with Crippen LogP contribution in [0.2, 0.25) is 0 Å². The van der Waals surface area contributed by atoms with Crippen molar-refractivity contribution in [1.29, 1.82) is 5.26 Å². The molecule has 0 radical (unpaired) electrons. The second-order valence-corrected chi connectivity index (χ2v) is 4.47. The van der Waals surface area contributed by atoms with Crippen LogP contribution in [0.1, 0.15) is 42.7 Å². The Labute approximate surface area is 97.3 Å². The Bertz CT molecular complexity index is 371. The van der Waals surface area contributed by atoms with E-state index in [1.807, 2.05) is 18.2 Å². The summed E-state index contributed by atoms with van der Waals surface area (Å²) in [5, 5.41) is 12.3. The fourth-order valence-electron chi connectivity index (χ4n) is 2.38. The zero-order valence-corrected chi connectivity index (χ0v) is 9.58. The molecule has 1 fully saturated rings. The largest absolute Gasteiger partial charge is 0.317 e. The third-order valence-electron chi connectivity index (χ3n) is 3.31. The minimum Gasteiger partial charge on any atom is -0.317 e. The molecule has 2 rings (SSSR count). The van der Waals surface area contributed by atoms with Gasteiger partial charge in [0, 0.05) is 0 Å². The third kappa shape index (κ3) is 2.84. The van der Waals surface area contributed by atoms with Crippen LogP contribution >= 0.6 is 0 Å². The molecule has 0 spiro atoms. The van der Waals surface area contributed by atoms with Crippen LogP contribution in [0.15, 0.2) is 24.3 Å². The minimum atomic E-state index is 0.626. The normalized spacial score (nSPS) is 21.8. The summed E-state index contributed by atoms with van der Waals surface area (Å²) in [6.45, 7) is 2.26. The van der Waals surface area contributed by atoms with Gasteiger partial charge in [-0.25, -0.2) is 0 Å². The van der Waals surface area contributed by atoms with E-state index in [9.17, 15) is 0 Å². The lowest BCUT2D eigenvalue weighted by molar-refractivity contribution is 0.467. The summed E-state index contributed by atoms with van der Waals surface area (Å²) in [7, 11) is 0. The van der Waals surface area contributed by atoms with Gasteiger partial charge < -0.3 is 5.32 Å². The molecule has 1 aromatic rings. The van der Waals surface area contributed by atoms with Crippen LogP contribution in [0.5, 0.6) is 0 Å². The lowest BCUT2D eigenvalue weighted by Crippen LogP contribution is -2.21. The third-order valence-corrected chi connectivity index (χ3v) is 3.31. The molecule has 1 atom stereocenters. The summed E-state index contributed by atoms with van der Waals surface area (Å²) in [6.07, 6.45) is 5.01. The number of hydrogen-bond acceptors (Lipinski definition) is 2. The highest BCUT2D eigenvalue weighted by Gasteiger charge is 2.13. The molecule has 0 amide bonds. The highest BCUT2D eigenvalue weighted by atomic mass is 14.8. The molecule has 1 aromatic carbocycles. The van der Waals surface area contributed by atoms with Gasteiger partial charge in [0.05, 0.1) is 11.6 Å². The van der Waals surface area contributed by atoms with Crippen molar-refractivity contribution >= 4 is 0 Å². The van der Waals surface area contributed by atoms with Gasteiger partial charge in [-0.2, -0.15) is 5.26 Å². The molecule has 0 aliphatic carbocycles. The van der Waals surface area contributed by atoms with E-state index in [4.69, 9.17) is 5.26 Å². The van der Waals surface area contributed by atoms with Crippen LogP contribution in [0.4, 0.5) is 0 Å². The quantitative estimate of drug-likeness (QED) is 0.780. The second-order valence-electron chi connectivity index (χ2n) is 4.47. The number of nitrogens with zero attached hydrogens (tertiary/aromatic N) is 1. The van der Waals surface area contributed by atoms with Crippen LogP contribution in [-0.2, 0) is 0 Å². The first-order valence-corrected chi connectivity index (χ1v) is 6.11. The first-order valence-electron chi connectivity index (χ1n) is 6.11. The Morgan fingerprint density at radius 2 is 2.12 bits per heavy atom. The van der Waals surface area contributed by atoms with Crippen molar-refractivity contribution in [2.24, 2.45) is 0 Å². The Balaban J connectivity index is 2.11. The Hall–Kier alpha value is -1.33. The van der Waals surface area contributed by atoms with Crippen LogP contribution in [0.25, 0.3) is 0 Å². The molecule has 1 unspecified atom stereocenters. The van der Waals surface area contributed by atoms with E-state index < -0.39 is 0 Å². The van der Waals surface area contributed by atoms with Gasteiger partial charge in [0.15, 0.2) is 0 Å². The molecule has 1 heterocycles. The Morgan fingerprint density at radius 3 is 3.00 bits per heavy atom. The summed E-state index contributed by atoms with van der Waals surface area (Å²) in [4.78, 5) is 0. The second kappa shape index (κ2) is 5.67. The van der Waals surface area contributed by atoms with E-state index >= 15 is 0 Å². The molecule has 1 saturated heterocycles. The van der Waals surface area contributed by atoms with Crippen molar-refractivity contribution in [1.82, 2.24) is 5.32 Å². The summed E-state index contributed by atoms with van der Waals surface area (Å²) in [6, 6.07) is 10.3. The predicted molar refractivity (Wildman–Crippen MR) is 65.2 cm³/mol. The molecule has 84 valence electrons. The maximum absolute atomic E-state index is 8.90. The highest BCUT2D eigenvalue weighted by molar-refractivity contribution is 5.34. The van der Waals surface area contributed by atoms with Crippen molar-refractivity contribution < 1.29 is 0 Å². The first-order chi connectivity index (χ1) is 7.90. The number of nitrogens with one attached hydrogen (secondary N) is 1. The van der Waals surface area contributed by atoms with Crippen LogP contribution in [0, 0.1) is 11.3 Å². The number of hydrogen-bond donors (Lipinski definition) is 1. The monoisotopic (exact) mass is 214 g/mol. The summed E-state index contributed by atoms with van der Waals surface area (Å²) in [5.74, 6) is 0.626. The van der Waals surface area contributed by atoms with Gasteiger partial charge in [-0.1, -0.05) is 18.6 Å². The summed E-state index contributed by atoms with van der Waals surface area (Å²) in [5.41, 5.74) is 2.12. The molecule has 1 N–H and O–H groups in total. The Kier molecular flexibility index (Phi) is 3.96. The van der Waals surface area contributed by atoms with Crippen molar-refractivity contribution in [2.45, 2.75) is 31.6 Å².